The van der Waals surface area contributed by atoms with Crippen LogP contribution in [0.1, 0.15) is 5.56 Å². The molecule has 114 valence electrons. The molecular formula is C16H17N3O2S. The van der Waals surface area contributed by atoms with Crippen molar-refractivity contribution in [2.45, 2.75) is 11.3 Å². The lowest BCUT2D eigenvalue weighted by Crippen LogP contribution is -2.25. The van der Waals surface area contributed by atoms with Crippen molar-refractivity contribution in [1.82, 2.24) is 9.71 Å². The van der Waals surface area contributed by atoms with Gasteiger partial charge in [0.15, 0.2) is 0 Å². The number of fused-ring (bicyclic) bond motifs is 1. The molecule has 0 atom stereocenters. The lowest BCUT2D eigenvalue weighted by atomic mass is 10.1. The van der Waals surface area contributed by atoms with E-state index < -0.39 is 10.0 Å². The van der Waals surface area contributed by atoms with Gasteiger partial charge in [-0.05, 0) is 42.3 Å². The summed E-state index contributed by atoms with van der Waals surface area (Å²) < 4.78 is 27.0. The first kappa shape index (κ1) is 14.6. The average molecular weight is 315 g/mol. The van der Waals surface area contributed by atoms with Crippen LogP contribution in [0.15, 0.2) is 59.6 Å². The Kier molecular flexibility index (Phi) is 3.87. The number of nitrogens with two attached hydrogens (primary N) is 1. The van der Waals surface area contributed by atoms with Crippen molar-refractivity contribution >= 4 is 26.6 Å². The van der Waals surface area contributed by atoms with Gasteiger partial charge in [-0.25, -0.2) is 13.1 Å². The van der Waals surface area contributed by atoms with Gasteiger partial charge in [0.1, 0.15) is 0 Å². The number of hydrogen-bond donors (Lipinski definition) is 3. The van der Waals surface area contributed by atoms with Gasteiger partial charge in [0.05, 0.1) is 4.90 Å². The van der Waals surface area contributed by atoms with E-state index in [-0.39, 0.29) is 4.90 Å². The molecule has 0 saturated carbocycles. The zero-order chi connectivity index (χ0) is 15.6. The molecule has 1 heterocycles. The van der Waals surface area contributed by atoms with Crippen LogP contribution in [0.5, 0.6) is 0 Å². The topological polar surface area (TPSA) is 88.0 Å². The molecule has 0 saturated heterocycles. The second-order valence-electron chi connectivity index (χ2n) is 5.08. The van der Waals surface area contributed by atoms with Gasteiger partial charge in [-0.3, -0.25) is 0 Å². The molecule has 2 aromatic carbocycles. The Hall–Kier alpha value is -2.31. The number of anilines is 1. The lowest BCUT2D eigenvalue weighted by molar-refractivity contribution is 0.582. The number of sulfonamides is 1. The summed E-state index contributed by atoms with van der Waals surface area (Å²) in [5.74, 6) is 0. The molecule has 5 nitrogen and oxygen atoms in total. The molecule has 0 spiro atoms. The van der Waals surface area contributed by atoms with Crippen LogP contribution >= 0.6 is 0 Å². The highest BCUT2D eigenvalue weighted by Gasteiger charge is 2.13. The van der Waals surface area contributed by atoms with E-state index in [1.54, 1.807) is 12.1 Å². The number of aromatic amines is 1. The van der Waals surface area contributed by atoms with Crippen molar-refractivity contribution < 1.29 is 8.42 Å². The standard InChI is InChI=1S/C16H17N3O2S/c17-13-5-7-14(8-6-13)22(20,21)19-10-9-12-11-18-16-4-2-1-3-15(12)16/h1-8,11,18-19H,9-10,17H2. The van der Waals surface area contributed by atoms with Crippen molar-refractivity contribution in [1.29, 1.82) is 0 Å². The minimum absolute atomic E-state index is 0.223. The second-order valence-corrected chi connectivity index (χ2v) is 6.84. The Labute approximate surface area is 129 Å². The Morgan fingerprint density at radius 3 is 2.55 bits per heavy atom. The van der Waals surface area contributed by atoms with Crippen LogP contribution in [0.4, 0.5) is 5.69 Å². The number of para-hydroxylation sites is 1. The van der Waals surface area contributed by atoms with Crippen molar-refractivity contribution in [3.05, 3.63) is 60.3 Å². The summed E-state index contributed by atoms with van der Waals surface area (Å²) >= 11 is 0. The zero-order valence-corrected chi connectivity index (χ0v) is 12.7. The molecular weight excluding hydrogens is 298 g/mol. The molecule has 4 N–H and O–H groups in total. The quantitative estimate of drug-likeness (QED) is 0.631. The van der Waals surface area contributed by atoms with E-state index in [4.69, 9.17) is 5.73 Å². The first-order valence-corrected chi connectivity index (χ1v) is 8.45. The monoisotopic (exact) mass is 315 g/mol. The Bertz CT molecular complexity index is 883. The van der Waals surface area contributed by atoms with Gasteiger partial charge >= 0.3 is 0 Å². The van der Waals surface area contributed by atoms with Crippen LogP contribution in [0.2, 0.25) is 0 Å². The number of nitrogen functional groups attached to an aromatic ring is 1. The summed E-state index contributed by atoms with van der Waals surface area (Å²) in [4.78, 5) is 3.41. The third kappa shape index (κ3) is 2.98. The van der Waals surface area contributed by atoms with E-state index in [1.165, 1.54) is 12.1 Å². The molecule has 3 rings (SSSR count). The molecule has 0 aliphatic rings. The minimum atomic E-state index is -3.50. The molecule has 0 unspecified atom stereocenters. The maximum Gasteiger partial charge on any atom is 0.240 e. The van der Waals surface area contributed by atoms with Crippen LogP contribution in [0.3, 0.4) is 0 Å². The maximum atomic E-state index is 12.2. The van der Waals surface area contributed by atoms with E-state index in [2.05, 4.69) is 9.71 Å². The fourth-order valence-electron chi connectivity index (χ4n) is 2.39. The summed E-state index contributed by atoms with van der Waals surface area (Å²) in [6, 6.07) is 14.1. The molecule has 6 heteroatoms. The van der Waals surface area contributed by atoms with Crippen molar-refractivity contribution in [2.75, 3.05) is 12.3 Å². The molecule has 0 aliphatic heterocycles. The van der Waals surface area contributed by atoms with Crippen LogP contribution in [-0.4, -0.2) is 19.9 Å². The normalized spacial score (nSPS) is 11.8. The molecule has 3 aromatic rings. The number of nitrogens with one attached hydrogen (secondary N) is 2. The Morgan fingerprint density at radius 1 is 1.05 bits per heavy atom. The van der Waals surface area contributed by atoms with Crippen molar-refractivity contribution in [3.8, 4) is 0 Å². The second kappa shape index (κ2) is 5.82. The predicted octanol–water partition coefficient (Wildman–Crippen LogP) is 2.27. The number of H-pyrrole nitrogens is 1. The van der Waals surface area contributed by atoms with Crippen LogP contribution in [-0.2, 0) is 16.4 Å². The zero-order valence-electron chi connectivity index (χ0n) is 11.9. The van der Waals surface area contributed by atoms with E-state index in [1.807, 2.05) is 30.5 Å². The highest BCUT2D eigenvalue weighted by Crippen LogP contribution is 2.18. The molecule has 0 amide bonds. The first-order valence-electron chi connectivity index (χ1n) is 6.96. The Morgan fingerprint density at radius 2 is 1.77 bits per heavy atom. The van der Waals surface area contributed by atoms with Gasteiger partial charge in [-0.15, -0.1) is 0 Å². The summed E-state index contributed by atoms with van der Waals surface area (Å²) in [7, 11) is -3.50. The van der Waals surface area contributed by atoms with Gasteiger partial charge in [0.2, 0.25) is 10.0 Å². The summed E-state index contributed by atoms with van der Waals surface area (Å²) in [5, 5.41) is 1.12. The molecule has 1 aromatic heterocycles. The maximum absolute atomic E-state index is 12.2. The molecule has 0 radical (unpaired) electrons. The van der Waals surface area contributed by atoms with Crippen LogP contribution in [0, 0.1) is 0 Å². The highest BCUT2D eigenvalue weighted by atomic mass is 32.2. The van der Waals surface area contributed by atoms with Gasteiger partial charge in [-0.2, -0.15) is 0 Å². The fraction of sp³-hybridized carbons (Fsp3) is 0.125. The summed E-state index contributed by atoms with van der Waals surface area (Å²) in [6.07, 6.45) is 2.54. The van der Waals surface area contributed by atoms with Gasteiger partial charge < -0.3 is 10.7 Å². The molecule has 0 fully saturated rings. The van der Waals surface area contributed by atoms with Crippen molar-refractivity contribution in [3.63, 3.8) is 0 Å². The van der Waals surface area contributed by atoms with E-state index in [9.17, 15) is 8.42 Å². The van der Waals surface area contributed by atoms with E-state index in [0.717, 1.165) is 16.5 Å². The van der Waals surface area contributed by atoms with E-state index >= 15 is 0 Å². The first-order chi connectivity index (χ1) is 10.6. The number of aromatic nitrogens is 1. The third-order valence-corrected chi connectivity index (χ3v) is 5.03. The fourth-order valence-corrected chi connectivity index (χ4v) is 3.42. The Balaban J connectivity index is 1.68. The molecule has 22 heavy (non-hydrogen) atoms. The SMILES string of the molecule is Nc1ccc(S(=O)(=O)NCCc2c[nH]c3ccccc23)cc1. The smallest absolute Gasteiger partial charge is 0.240 e. The minimum Gasteiger partial charge on any atom is -0.399 e. The largest absolute Gasteiger partial charge is 0.399 e. The predicted molar refractivity (Wildman–Crippen MR) is 88.0 cm³/mol. The number of rotatable bonds is 5. The molecule has 0 aliphatic carbocycles. The summed E-state index contributed by atoms with van der Waals surface area (Å²) in [6.45, 7) is 0.342. The van der Waals surface area contributed by atoms with Gasteiger partial charge in [-0.1, -0.05) is 18.2 Å². The lowest BCUT2D eigenvalue weighted by Gasteiger charge is -2.06. The van der Waals surface area contributed by atoms with Gasteiger partial charge in [0.25, 0.3) is 0 Å². The third-order valence-electron chi connectivity index (χ3n) is 3.55. The number of benzene rings is 2. The van der Waals surface area contributed by atoms with Crippen LogP contribution in [0.25, 0.3) is 10.9 Å². The highest BCUT2D eigenvalue weighted by molar-refractivity contribution is 7.89. The van der Waals surface area contributed by atoms with Crippen LogP contribution < -0.4 is 10.5 Å². The average Bonchev–Trinajstić information content (AvgIpc) is 2.91. The number of hydrogen-bond acceptors (Lipinski definition) is 3. The summed E-state index contributed by atoms with van der Waals surface area (Å²) in [5.41, 5.74) is 8.26. The molecule has 0 bridgehead atoms. The van der Waals surface area contributed by atoms with Gasteiger partial charge in [0, 0.05) is 29.3 Å². The van der Waals surface area contributed by atoms with E-state index in [0.29, 0.717) is 18.7 Å². The van der Waals surface area contributed by atoms with Crippen molar-refractivity contribution in [2.24, 2.45) is 0 Å².